The summed E-state index contributed by atoms with van der Waals surface area (Å²) in [5.74, 6) is 0. The molecule has 0 aromatic carbocycles. The Morgan fingerprint density at radius 1 is 1.00 bits per heavy atom. The lowest BCUT2D eigenvalue weighted by molar-refractivity contribution is 0.583. The van der Waals surface area contributed by atoms with Crippen LogP contribution in [0.5, 0.6) is 0 Å². The van der Waals surface area contributed by atoms with Gasteiger partial charge >= 0.3 is 0 Å². The van der Waals surface area contributed by atoms with Crippen molar-refractivity contribution in [3.05, 3.63) is 0 Å². The Labute approximate surface area is 50.2 Å². The highest BCUT2D eigenvalue weighted by Gasteiger charge is 1.96. The monoisotopic (exact) mass is 117 g/mol. The fourth-order valence-corrected chi connectivity index (χ4v) is 0.572. The Morgan fingerprint density at radius 3 is 1.62 bits per heavy atom. The third-order valence-corrected chi connectivity index (χ3v) is 1.07. The summed E-state index contributed by atoms with van der Waals surface area (Å²) in [4.78, 5) is 0. The largest absolute Gasteiger partial charge is 0.330 e. The van der Waals surface area contributed by atoms with E-state index >= 15 is 0 Å². The molecule has 0 aliphatic heterocycles. The molecule has 6 N–H and O–H groups in total. The van der Waals surface area contributed by atoms with E-state index in [1.54, 1.807) is 0 Å². The van der Waals surface area contributed by atoms with Crippen molar-refractivity contribution in [2.45, 2.75) is 18.9 Å². The fraction of sp³-hybridized carbons (Fsp3) is 1.00. The first-order chi connectivity index (χ1) is 3.81. The molecule has 8 heavy (non-hydrogen) atoms. The van der Waals surface area contributed by atoms with Gasteiger partial charge in [-0.15, -0.1) is 0 Å². The van der Waals surface area contributed by atoms with Crippen LogP contribution in [-0.4, -0.2) is 19.1 Å². The molecule has 3 heteroatoms. The summed E-state index contributed by atoms with van der Waals surface area (Å²) in [5.41, 5.74) is 16.0. The van der Waals surface area contributed by atoms with E-state index < -0.39 is 0 Å². The SMILES string of the molecule is NCCC(N)CCN. The van der Waals surface area contributed by atoms with Crippen molar-refractivity contribution in [2.75, 3.05) is 13.1 Å². The smallest absolute Gasteiger partial charge is 0.00628 e. The molecule has 0 aromatic heterocycles. The molecule has 0 saturated heterocycles. The Hall–Kier alpha value is -0.120. The minimum atomic E-state index is 0.213. The second-order valence-electron chi connectivity index (χ2n) is 1.91. The van der Waals surface area contributed by atoms with Crippen LogP contribution in [-0.2, 0) is 0 Å². The molecule has 0 amide bonds. The topological polar surface area (TPSA) is 78.1 Å². The molecule has 0 radical (unpaired) electrons. The number of rotatable bonds is 4. The van der Waals surface area contributed by atoms with Gasteiger partial charge < -0.3 is 17.2 Å². The van der Waals surface area contributed by atoms with Gasteiger partial charge in [0.05, 0.1) is 0 Å². The summed E-state index contributed by atoms with van der Waals surface area (Å²) in [6, 6.07) is 0.213. The minimum Gasteiger partial charge on any atom is -0.330 e. The van der Waals surface area contributed by atoms with Gasteiger partial charge in [0.15, 0.2) is 0 Å². The van der Waals surface area contributed by atoms with Gasteiger partial charge in [0.2, 0.25) is 0 Å². The first-order valence-electron chi connectivity index (χ1n) is 2.97. The Balaban J connectivity index is 2.92. The molecule has 0 spiro atoms. The molecule has 0 aromatic rings. The van der Waals surface area contributed by atoms with Crippen molar-refractivity contribution in [1.29, 1.82) is 0 Å². The molecule has 0 rings (SSSR count). The quantitative estimate of drug-likeness (QED) is 0.442. The molecule has 0 saturated carbocycles. The van der Waals surface area contributed by atoms with Crippen LogP contribution in [0.2, 0.25) is 0 Å². The molecule has 0 fully saturated rings. The standard InChI is InChI=1S/C5H15N3/c6-3-1-5(8)2-4-7/h5H,1-4,6-8H2. The Morgan fingerprint density at radius 2 is 1.38 bits per heavy atom. The molecule has 0 aliphatic carbocycles. The van der Waals surface area contributed by atoms with E-state index in [0.29, 0.717) is 13.1 Å². The Bertz CT molecular complexity index is 40.9. The van der Waals surface area contributed by atoms with E-state index in [-0.39, 0.29) is 6.04 Å². The fourth-order valence-electron chi connectivity index (χ4n) is 0.572. The molecule has 3 nitrogen and oxygen atoms in total. The first kappa shape index (κ1) is 7.88. The van der Waals surface area contributed by atoms with E-state index in [1.165, 1.54) is 0 Å². The maximum absolute atomic E-state index is 5.53. The first-order valence-corrected chi connectivity index (χ1v) is 2.97. The highest BCUT2D eigenvalue weighted by molar-refractivity contribution is 4.60. The van der Waals surface area contributed by atoms with Gasteiger partial charge in [-0.05, 0) is 25.9 Å². The van der Waals surface area contributed by atoms with E-state index in [1.807, 2.05) is 0 Å². The van der Waals surface area contributed by atoms with Gasteiger partial charge in [-0.1, -0.05) is 0 Å². The highest BCUT2D eigenvalue weighted by atomic mass is 14.7. The molecule has 0 aliphatic rings. The second-order valence-corrected chi connectivity index (χ2v) is 1.91. The molecule has 0 atom stereocenters. The minimum absolute atomic E-state index is 0.213. The van der Waals surface area contributed by atoms with Crippen LogP contribution in [0, 0.1) is 0 Å². The van der Waals surface area contributed by atoms with Gasteiger partial charge in [-0.2, -0.15) is 0 Å². The van der Waals surface area contributed by atoms with Crippen molar-refractivity contribution < 1.29 is 0 Å². The van der Waals surface area contributed by atoms with Gasteiger partial charge in [-0.25, -0.2) is 0 Å². The summed E-state index contributed by atoms with van der Waals surface area (Å²) in [5, 5.41) is 0. The lowest BCUT2D eigenvalue weighted by Crippen LogP contribution is -2.26. The normalized spacial score (nSPS) is 10.5. The molecule has 0 bridgehead atoms. The Kier molecular flexibility index (Phi) is 4.95. The van der Waals surface area contributed by atoms with E-state index in [4.69, 9.17) is 17.2 Å². The third-order valence-electron chi connectivity index (χ3n) is 1.07. The average molecular weight is 117 g/mol. The van der Waals surface area contributed by atoms with E-state index in [0.717, 1.165) is 12.8 Å². The van der Waals surface area contributed by atoms with E-state index in [2.05, 4.69) is 0 Å². The second kappa shape index (κ2) is 5.03. The summed E-state index contributed by atoms with van der Waals surface area (Å²) in [6.45, 7) is 1.34. The van der Waals surface area contributed by atoms with Crippen LogP contribution < -0.4 is 17.2 Å². The lowest BCUT2D eigenvalue weighted by Gasteiger charge is -2.05. The highest BCUT2D eigenvalue weighted by Crippen LogP contribution is 1.88. The van der Waals surface area contributed by atoms with Crippen molar-refractivity contribution in [2.24, 2.45) is 17.2 Å². The van der Waals surface area contributed by atoms with Crippen LogP contribution in [0.15, 0.2) is 0 Å². The summed E-state index contributed by atoms with van der Waals surface area (Å²) < 4.78 is 0. The number of hydrogen-bond acceptors (Lipinski definition) is 3. The maximum atomic E-state index is 5.53. The van der Waals surface area contributed by atoms with Gasteiger partial charge in [0, 0.05) is 6.04 Å². The van der Waals surface area contributed by atoms with Crippen molar-refractivity contribution in [1.82, 2.24) is 0 Å². The lowest BCUT2D eigenvalue weighted by atomic mass is 10.1. The van der Waals surface area contributed by atoms with Gasteiger partial charge in [0.1, 0.15) is 0 Å². The van der Waals surface area contributed by atoms with Crippen LogP contribution in [0.1, 0.15) is 12.8 Å². The predicted octanol–water partition coefficient (Wildman–Crippen LogP) is -0.989. The average Bonchev–Trinajstić information content (AvgIpc) is 1.68. The van der Waals surface area contributed by atoms with Crippen LogP contribution in [0.3, 0.4) is 0 Å². The molecular weight excluding hydrogens is 102 g/mol. The zero-order valence-corrected chi connectivity index (χ0v) is 5.14. The molecule has 50 valence electrons. The van der Waals surface area contributed by atoms with Gasteiger partial charge in [0.25, 0.3) is 0 Å². The van der Waals surface area contributed by atoms with Crippen LogP contribution in [0.4, 0.5) is 0 Å². The summed E-state index contributed by atoms with van der Waals surface area (Å²) in [6.07, 6.45) is 1.77. The molecule has 0 unspecified atom stereocenters. The maximum Gasteiger partial charge on any atom is 0.00628 e. The zero-order valence-electron chi connectivity index (χ0n) is 5.14. The summed E-state index contributed by atoms with van der Waals surface area (Å²) in [7, 11) is 0. The molecular formula is C5H15N3. The predicted molar refractivity (Wildman–Crippen MR) is 35.3 cm³/mol. The van der Waals surface area contributed by atoms with Crippen molar-refractivity contribution in [3.8, 4) is 0 Å². The van der Waals surface area contributed by atoms with Crippen molar-refractivity contribution >= 4 is 0 Å². The number of hydrogen-bond donors (Lipinski definition) is 3. The van der Waals surface area contributed by atoms with E-state index in [9.17, 15) is 0 Å². The van der Waals surface area contributed by atoms with Crippen molar-refractivity contribution in [3.63, 3.8) is 0 Å². The van der Waals surface area contributed by atoms with Crippen LogP contribution >= 0.6 is 0 Å². The number of nitrogens with two attached hydrogens (primary N) is 3. The zero-order chi connectivity index (χ0) is 6.41. The van der Waals surface area contributed by atoms with Gasteiger partial charge in [-0.3, -0.25) is 0 Å². The third kappa shape index (κ3) is 4.05. The van der Waals surface area contributed by atoms with Crippen LogP contribution in [0.25, 0.3) is 0 Å². The summed E-state index contributed by atoms with van der Waals surface area (Å²) >= 11 is 0. The molecule has 0 heterocycles.